The SMILES string of the molecule is COc1cc2ncnc(Nc3cc(C)c(Oc4ccc(C(=O)O)cc4)cc3OC)c2cc1NC(=O)/C(F)=C\[C@H]1CCCN1C. The van der Waals surface area contributed by atoms with Gasteiger partial charge in [0.25, 0.3) is 5.91 Å². The van der Waals surface area contributed by atoms with Gasteiger partial charge in [-0.15, -0.1) is 0 Å². The highest BCUT2D eigenvalue weighted by Gasteiger charge is 2.22. The van der Waals surface area contributed by atoms with Crippen molar-refractivity contribution in [1.29, 1.82) is 0 Å². The van der Waals surface area contributed by atoms with Crippen molar-refractivity contribution in [3.8, 4) is 23.0 Å². The zero-order valence-corrected chi connectivity index (χ0v) is 24.7. The topological polar surface area (TPSA) is 135 Å². The lowest BCUT2D eigenvalue weighted by Crippen LogP contribution is -2.24. The summed E-state index contributed by atoms with van der Waals surface area (Å²) in [7, 11) is 4.87. The zero-order valence-electron chi connectivity index (χ0n) is 24.7. The molecule has 1 atom stereocenters. The van der Waals surface area contributed by atoms with Crippen LogP contribution < -0.4 is 24.8 Å². The van der Waals surface area contributed by atoms with Gasteiger partial charge in [-0.1, -0.05) is 0 Å². The lowest BCUT2D eigenvalue weighted by atomic mass is 10.1. The van der Waals surface area contributed by atoms with E-state index in [0.717, 1.165) is 24.9 Å². The van der Waals surface area contributed by atoms with E-state index >= 15 is 0 Å². The largest absolute Gasteiger partial charge is 0.494 e. The molecule has 3 aromatic carbocycles. The first-order valence-electron chi connectivity index (χ1n) is 13.9. The van der Waals surface area contributed by atoms with Gasteiger partial charge in [-0.05, 0) is 81.4 Å². The first kappa shape index (κ1) is 30.2. The summed E-state index contributed by atoms with van der Waals surface area (Å²) in [5, 5.41) is 15.6. The molecule has 1 saturated heterocycles. The van der Waals surface area contributed by atoms with Gasteiger partial charge in [0.05, 0.1) is 36.7 Å². The molecule has 0 radical (unpaired) electrons. The number of benzene rings is 3. The molecule has 0 spiro atoms. The van der Waals surface area contributed by atoms with Gasteiger partial charge >= 0.3 is 5.97 Å². The summed E-state index contributed by atoms with van der Waals surface area (Å²) in [5.74, 6) is -0.616. The van der Waals surface area contributed by atoms with Gasteiger partial charge in [-0.3, -0.25) is 9.69 Å². The summed E-state index contributed by atoms with van der Waals surface area (Å²) in [5.41, 5.74) is 2.28. The molecule has 1 aromatic heterocycles. The van der Waals surface area contributed by atoms with Gasteiger partial charge < -0.3 is 30.0 Å². The summed E-state index contributed by atoms with van der Waals surface area (Å²) in [4.78, 5) is 34.7. The molecule has 1 aliphatic rings. The van der Waals surface area contributed by atoms with E-state index in [4.69, 9.17) is 19.3 Å². The quantitative estimate of drug-likeness (QED) is 0.184. The molecular formula is C32H32FN5O6. The van der Waals surface area contributed by atoms with E-state index in [1.54, 1.807) is 30.3 Å². The molecule has 1 fully saturated rings. The minimum atomic E-state index is -1.02. The molecule has 228 valence electrons. The van der Waals surface area contributed by atoms with Crippen molar-refractivity contribution in [3.05, 3.63) is 77.9 Å². The Hall–Kier alpha value is -5.23. The Bertz CT molecular complexity index is 1740. The standard InChI is InChI=1S/C32H32FN5O6/c1-18-12-25(29(43-4)16-27(18)44-21-9-7-19(8-10-21)32(40)41)36-30-22-14-26(28(42-3)15-24(22)34-17-35-30)37-31(39)23(33)13-20-6-5-11-38(20)2/h7-10,12-17,20H,5-6,11H2,1-4H3,(H,37,39)(H,40,41)(H,34,35,36)/b23-13+/t20-/m1/s1. The second-order valence-corrected chi connectivity index (χ2v) is 10.3. The average molecular weight is 602 g/mol. The average Bonchev–Trinajstić information content (AvgIpc) is 3.42. The number of anilines is 3. The number of halogens is 1. The number of hydrogen-bond acceptors (Lipinski definition) is 9. The number of methoxy groups -OCH3 is 2. The molecular weight excluding hydrogens is 569 g/mol. The number of carboxylic acid groups (broad SMARTS) is 1. The Morgan fingerprint density at radius 3 is 2.41 bits per heavy atom. The van der Waals surface area contributed by atoms with E-state index in [9.17, 15) is 14.0 Å². The third-order valence-corrected chi connectivity index (χ3v) is 7.42. The van der Waals surface area contributed by atoms with Gasteiger partial charge in [0.15, 0.2) is 5.83 Å². The van der Waals surface area contributed by atoms with Crippen molar-refractivity contribution >= 4 is 40.0 Å². The highest BCUT2D eigenvalue weighted by atomic mass is 19.1. The second-order valence-electron chi connectivity index (χ2n) is 10.3. The number of ether oxygens (including phenoxy) is 3. The van der Waals surface area contributed by atoms with E-state index in [2.05, 4.69) is 20.6 Å². The maximum absolute atomic E-state index is 14.9. The van der Waals surface area contributed by atoms with Gasteiger partial charge in [-0.2, -0.15) is 0 Å². The molecule has 0 saturated carbocycles. The smallest absolute Gasteiger partial charge is 0.335 e. The molecule has 4 aromatic rings. The first-order chi connectivity index (χ1) is 21.2. The molecule has 12 heteroatoms. The van der Waals surface area contributed by atoms with E-state index in [1.807, 2.05) is 24.9 Å². The molecule has 44 heavy (non-hydrogen) atoms. The monoisotopic (exact) mass is 601 g/mol. The number of fused-ring (bicyclic) bond motifs is 1. The third kappa shape index (κ3) is 6.55. The van der Waals surface area contributed by atoms with Crippen LogP contribution in [0.15, 0.2) is 66.8 Å². The number of aromatic carboxylic acids is 1. The maximum atomic E-state index is 14.9. The Kier molecular flexibility index (Phi) is 8.91. The third-order valence-electron chi connectivity index (χ3n) is 7.42. The highest BCUT2D eigenvalue weighted by Crippen LogP contribution is 2.39. The fourth-order valence-electron chi connectivity index (χ4n) is 4.99. The van der Waals surface area contributed by atoms with Crippen LogP contribution in [0.5, 0.6) is 23.0 Å². The summed E-state index contributed by atoms with van der Waals surface area (Å²) in [6.45, 7) is 2.71. The molecule has 0 aliphatic carbocycles. The second kappa shape index (κ2) is 13.0. The number of hydrogen-bond donors (Lipinski definition) is 3. The van der Waals surface area contributed by atoms with Gasteiger partial charge in [-0.25, -0.2) is 19.2 Å². The Balaban J connectivity index is 1.42. The number of nitrogens with one attached hydrogen (secondary N) is 2. The predicted octanol–water partition coefficient (Wildman–Crippen LogP) is 6.08. The molecule has 5 rings (SSSR count). The number of nitrogens with zero attached hydrogens (tertiary/aromatic N) is 3. The summed E-state index contributed by atoms with van der Waals surface area (Å²) < 4.78 is 31.9. The van der Waals surface area contributed by atoms with Crippen LogP contribution in [0.2, 0.25) is 0 Å². The number of aryl methyl sites for hydroxylation is 1. The van der Waals surface area contributed by atoms with Gasteiger partial charge in [0.1, 0.15) is 35.1 Å². The van der Waals surface area contributed by atoms with Crippen LogP contribution >= 0.6 is 0 Å². The van der Waals surface area contributed by atoms with Crippen molar-refractivity contribution in [2.75, 3.05) is 38.4 Å². The Labute approximate surface area is 253 Å². The molecule has 0 bridgehead atoms. The van der Waals surface area contributed by atoms with Crippen molar-refractivity contribution in [3.63, 3.8) is 0 Å². The Morgan fingerprint density at radius 2 is 1.75 bits per heavy atom. The lowest BCUT2D eigenvalue weighted by Gasteiger charge is -2.17. The van der Waals surface area contributed by atoms with Crippen LogP contribution in [0.4, 0.5) is 21.6 Å². The lowest BCUT2D eigenvalue weighted by molar-refractivity contribution is -0.114. The van der Waals surface area contributed by atoms with Crippen molar-refractivity contribution in [2.24, 2.45) is 0 Å². The fraction of sp³-hybridized carbons (Fsp3) is 0.250. The van der Waals surface area contributed by atoms with Crippen LogP contribution in [-0.2, 0) is 4.79 Å². The zero-order chi connectivity index (χ0) is 31.4. The van der Waals surface area contributed by atoms with Crippen LogP contribution in [0.25, 0.3) is 10.9 Å². The normalized spacial score (nSPS) is 15.2. The van der Waals surface area contributed by atoms with Crippen molar-refractivity contribution in [1.82, 2.24) is 14.9 Å². The van der Waals surface area contributed by atoms with Gasteiger partial charge in [0.2, 0.25) is 0 Å². The number of carboxylic acids is 1. The number of carbonyl (C=O) groups excluding carboxylic acids is 1. The van der Waals surface area contributed by atoms with E-state index < -0.39 is 17.7 Å². The first-order valence-corrected chi connectivity index (χ1v) is 13.9. The molecule has 1 amide bonds. The number of rotatable bonds is 10. The fourth-order valence-corrected chi connectivity index (χ4v) is 4.99. The van der Waals surface area contributed by atoms with E-state index in [1.165, 1.54) is 38.8 Å². The Morgan fingerprint density at radius 1 is 1.02 bits per heavy atom. The highest BCUT2D eigenvalue weighted by molar-refractivity contribution is 6.05. The molecule has 3 N–H and O–H groups in total. The molecule has 0 unspecified atom stereocenters. The van der Waals surface area contributed by atoms with Crippen LogP contribution in [0.3, 0.4) is 0 Å². The molecule has 1 aliphatic heterocycles. The number of amides is 1. The maximum Gasteiger partial charge on any atom is 0.335 e. The number of carbonyl (C=O) groups is 2. The van der Waals surface area contributed by atoms with E-state index in [-0.39, 0.29) is 17.3 Å². The molecule has 2 heterocycles. The summed E-state index contributed by atoms with van der Waals surface area (Å²) in [6, 6.07) is 12.7. The van der Waals surface area contributed by atoms with Crippen LogP contribution in [0.1, 0.15) is 28.8 Å². The van der Waals surface area contributed by atoms with Gasteiger partial charge in [0, 0.05) is 23.6 Å². The minimum Gasteiger partial charge on any atom is -0.494 e. The van der Waals surface area contributed by atoms with Crippen LogP contribution in [0, 0.1) is 6.92 Å². The minimum absolute atomic E-state index is 0.129. The number of likely N-dealkylation sites (tertiary alicyclic amines) is 1. The predicted molar refractivity (Wildman–Crippen MR) is 164 cm³/mol. The van der Waals surface area contributed by atoms with Crippen LogP contribution in [-0.4, -0.2) is 65.7 Å². The summed E-state index contributed by atoms with van der Waals surface area (Å²) >= 11 is 0. The summed E-state index contributed by atoms with van der Waals surface area (Å²) in [6.07, 6.45) is 4.47. The number of aromatic nitrogens is 2. The van der Waals surface area contributed by atoms with E-state index in [0.29, 0.717) is 45.4 Å². The van der Waals surface area contributed by atoms with Crippen molar-refractivity contribution in [2.45, 2.75) is 25.8 Å². The van der Waals surface area contributed by atoms with Crippen molar-refractivity contribution < 1.29 is 33.3 Å². The molecule has 11 nitrogen and oxygen atoms in total. The number of likely N-dealkylation sites (N-methyl/N-ethyl adjacent to an activating group) is 1.